The highest BCUT2D eigenvalue weighted by molar-refractivity contribution is 5.94. The molecule has 3 N–H and O–H groups in total. The third-order valence-corrected chi connectivity index (χ3v) is 3.50. The van der Waals surface area contributed by atoms with E-state index < -0.39 is 0 Å². The second kappa shape index (κ2) is 6.68. The molecule has 1 aliphatic heterocycles. The Hall–Kier alpha value is -1.39. The molecular weight excluding hydrogens is 240 g/mol. The van der Waals surface area contributed by atoms with Gasteiger partial charge in [0.25, 0.3) is 0 Å². The van der Waals surface area contributed by atoms with Crippen LogP contribution in [0.25, 0.3) is 0 Å². The van der Waals surface area contributed by atoms with Gasteiger partial charge in [-0.05, 0) is 50.9 Å². The standard InChI is InChI=1S/C15H22N2O2/c1-11(19-13-6-8-17-9-7-13)10-12-4-2-3-5-14(12)15(16)18/h2-5,11,13,17H,6-10H2,1H3,(H2,16,18)/t11-/m1/s1. The number of hydrogen-bond donors (Lipinski definition) is 2. The van der Waals surface area contributed by atoms with E-state index in [0.29, 0.717) is 11.7 Å². The van der Waals surface area contributed by atoms with Crippen LogP contribution < -0.4 is 11.1 Å². The van der Waals surface area contributed by atoms with Crippen LogP contribution in [0.2, 0.25) is 0 Å². The van der Waals surface area contributed by atoms with E-state index in [-0.39, 0.29) is 12.0 Å². The lowest BCUT2D eigenvalue weighted by molar-refractivity contribution is -0.0166. The smallest absolute Gasteiger partial charge is 0.248 e. The number of amides is 1. The van der Waals surface area contributed by atoms with Gasteiger partial charge >= 0.3 is 0 Å². The molecule has 0 aliphatic carbocycles. The van der Waals surface area contributed by atoms with Crippen molar-refractivity contribution in [1.82, 2.24) is 5.32 Å². The number of nitrogens with two attached hydrogens (primary N) is 1. The zero-order valence-corrected chi connectivity index (χ0v) is 11.4. The van der Waals surface area contributed by atoms with Gasteiger partial charge in [-0.3, -0.25) is 4.79 Å². The first-order chi connectivity index (χ1) is 9.16. The van der Waals surface area contributed by atoms with Gasteiger partial charge in [-0.1, -0.05) is 18.2 Å². The van der Waals surface area contributed by atoms with Crippen LogP contribution in [0.15, 0.2) is 24.3 Å². The lowest BCUT2D eigenvalue weighted by atomic mass is 10.0. The second-order valence-corrected chi connectivity index (χ2v) is 5.12. The summed E-state index contributed by atoms with van der Waals surface area (Å²) in [6, 6.07) is 7.48. The van der Waals surface area contributed by atoms with Crippen LogP contribution >= 0.6 is 0 Å². The normalized spacial score (nSPS) is 18.2. The number of hydrogen-bond acceptors (Lipinski definition) is 3. The zero-order chi connectivity index (χ0) is 13.7. The number of carbonyl (C=O) groups excluding carboxylic acids is 1. The maximum Gasteiger partial charge on any atom is 0.248 e. The van der Waals surface area contributed by atoms with Crippen molar-refractivity contribution >= 4 is 5.91 Å². The third kappa shape index (κ3) is 4.04. The van der Waals surface area contributed by atoms with Crippen LogP contribution in [0.4, 0.5) is 0 Å². The molecule has 4 nitrogen and oxygen atoms in total. The molecule has 19 heavy (non-hydrogen) atoms. The number of benzene rings is 1. The summed E-state index contributed by atoms with van der Waals surface area (Å²) >= 11 is 0. The summed E-state index contributed by atoms with van der Waals surface area (Å²) in [4.78, 5) is 11.4. The van der Waals surface area contributed by atoms with Gasteiger partial charge in [-0.25, -0.2) is 0 Å². The fraction of sp³-hybridized carbons (Fsp3) is 0.533. The second-order valence-electron chi connectivity index (χ2n) is 5.12. The Bertz CT molecular complexity index is 428. The quantitative estimate of drug-likeness (QED) is 0.845. The van der Waals surface area contributed by atoms with Gasteiger partial charge < -0.3 is 15.8 Å². The highest BCUT2D eigenvalue weighted by Crippen LogP contribution is 2.16. The third-order valence-electron chi connectivity index (χ3n) is 3.50. The molecule has 1 amide bonds. The molecule has 1 fully saturated rings. The largest absolute Gasteiger partial charge is 0.375 e. The van der Waals surface area contributed by atoms with E-state index >= 15 is 0 Å². The summed E-state index contributed by atoms with van der Waals surface area (Å²) in [5.41, 5.74) is 6.96. The van der Waals surface area contributed by atoms with E-state index in [4.69, 9.17) is 10.5 Å². The van der Waals surface area contributed by atoms with E-state index in [1.54, 1.807) is 6.07 Å². The first-order valence-corrected chi connectivity index (χ1v) is 6.90. The molecule has 1 aromatic rings. The number of rotatable bonds is 5. The van der Waals surface area contributed by atoms with E-state index in [1.165, 1.54) is 0 Å². The average Bonchev–Trinajstić information content (AvgIpc) is 2.40. The monoisotopic (exact) mass is 262 g/mol. The van der Waals surface area contributed by atoms with Crippen molar-refractivity contribution in [3.8, 4) is 0 Å². The molecule has 0 bridgehead atoms. The van der Waals surface area contributed by atoms with Gasteiger partial charge in [0.05, 0.1) is 12.2 Å². The maximum atomic E-state index is 11.4. The Kier molecular flexibility index (Phi) is 4.93. The van der Waals surface area contributed by atoms with Crippen molar-refractivity contribution in [3.05, 3.63) is 35.4 Å². The molecule has 1 aromatic carbocycles. The van der Waals surface area contributed by atoms with Gasteiger partial charge in [-0.2, -0.15) is 0 Å². The summed E-state index contributed by atoms with van der Waals surface area (Å²) in [6.07, 6.45) is 3.27. The Morgan fingerprint density at radius 2 is 2.11 bits per heavy atom. The molecule has 0 radical (unpaired) electrons. The van der Waals surface area contributed by atoms with Crippen molar-refractivity contribution in [3.63, 3.8) is 0 Å². The van der Waals surface area contributed by atoms with Crippen molar-refractivity contribution in [2.75, 3.05) is 13.1 Å². The SMILES string of the molecule is C[C@H](Cc1ccccc1C(N)=O)OC1CCNCC1. The van der Waals surface area contributed by atoms with Crippen molar-refractivity contribution in [2.24, 2.45) is 5.73 Å². The first kappa shape index (κ1) is 14.0. The van der Waals surface area contributed by atoms with Gasteiger partial charge in [-0.15, -0.1) is 0 Å². The van der Waals surface area contributed by atoms with Gasteiger partial charge in [0.2, 0.25) is 5.91 Å². The number of primary amides is 1. The molecule has 104 valence electrons. The molecular formula is C15H22N2O2. The van der Waals surface area contributed by atoms with Crippen LogP contribution in [-0.2, 0) is 11.2 Å². The minimum absolute atomic E-state index is 0.101. The molecule has 2 rings (SSSR count). The lowest BCUT2D eigenvalue weighted by Gasteiger charge is -2.26. The van der Waals surface area contributed by atoms with Crippen molar-refractivity contribution in [2.45, 2.75) is 38.4 Å². The lowest BCUT2D eigenvalue weighted by Crippen LogP contribution is -2.34. The predicted octanol–water partition coefficient (Wildman–Crippen LogP) is 1.49. The summed E-state index contributed by atoms with van der Waals surface area (Å²) in [7, 11) is 0. The Labute approximate surface area is 114 Å². The maximum absolute atomic E-state index is 11.4. The number of ether oxygens (including phenoxy) is 1. The number of piperidine rings is 1. The topological polar surface area (TPSA) is 64.4 Å². The highest BCUT2D eigenvalue weighted by Gasteiger charge is 2.18. The minimum atomic E-state index is -0.371. The van der Waals surface area contributed by atoms with E-state index in [1.807, 2.05) is 18.2 Å². The fourth-order valence-electron chi connectivity index (χ4n) is 2.56. The Morgan fingerprint density at radius 3 is 2.79 bits per heavy atom. The van der Waals surface area contributed by atoms with E-state index in [2.05, 4.69) is 12.2 Å². The minimum Gasteiger partial charge on any atom is -0.375 e. The number of nitrogens with one attached hydrogen (secondary N) is 1. The molecule has 1 saturated heterocycles. The Morgan fingerprint density at radius 1 is 1.42 bits per heavy atom. The van der Waals surface area contributed by atoms with Gasteiger partial charge in [0, 0.05) is 5.56 Å². The van der Waals surface area contributed by atoms with Crippen LogP contribution in [0.3, 0.4) is 0 Å². The molecule has 0 spiro atoms. The molecule has 4 heteroatoms. The van der Waals surface area contributed by atoms with Crippen molar-refractivity contribution in [1.29, 1.82) is 0 Å². The summed E-state index contributed by atoms with van der Waals surface area (Å²) < 4.78 is 6.04. The van der Waals surface area contributed by atoms with E-state index in [9.17, 15) is 4.79 Å². The van der Waals surface area contributed by atoms with Crippen LogP contribution in [0.5, 0.6) is 0 Å². The molecule has 0 saturated carbocycles. The molecule has 1 atom stereocenters. The summed E-state index contributed by atoms with van der Waals surface area (Å²) in [5, 5.41) is 3.32. The highest BCUT2D eigenvalue weighted by atomic mass is 16.5. The number of carbonyl (C=O) groups is 1. The van der Waals surface area contributed by atoms with Crippen LogP contribution in [0, 0.1) is 0 Å². The van der Waals surface area contributed by atoms with Crippen LogP contribution in [-0.4, -0.2) is 31.2 Å². The molecule has 0 aromatic heterocycles. The molecule has 1 heterocycles. The first-order valence-electron chi connectivity index (χ1n) is 6.90. The van der Waals surface area contributed by atoms with E-state index in [0.717, 1.165) is 37.9 Å². The van der Waals surface area contributed by atoms with Crippen LogP contribution in [0.1, 0.15) is 35.7 Å². The van der Waals surface area contributed by atoms with Gasteiger partial charge in [0.15, 0.2) is 0 Å². The average molecular weight is 262 g/mol. The fourth-order valence-corrected chi connectivity index (χ4v) is 2.56. The molecule has 0 unspecified atom stereocenters. The zero-order valence-electron chi connectivity index (χ0n) is 11.4. The summed E-state index contributed by atoms with van der Waals surface area (Å²) in [6.45, 7) is 4.10. The predicted molar refractivity (Wildman–Crippen MR) is 75.1 cm³/mol. The molecule has 1 aliphatic rings. The Balaban J connectivity index is 1.94. The summed E-state index contributed by atoms with van der Waals surface area (Å²) in [5.74, 6) is -0.371. The van der Waals surface area contributed by atoms with Crippen molar-refractivity contribution < 1.29 is 9.53 Å². The van der Waals surface area contributed by atoms with Gasteiger partial charge in [0.1, 0.15) is 0 Å².